The highest BCUT2D eigenvalue weighted by atomic mass is 16.7. The van der Waals surface area contributed by atoms with Crippen LogP contribution < -0.4 is 21.3 Å². The zero-order valence-corrected chi connectivity index (χ0v) is 30.9. The van der Waals surface area contributed by atoms with Crippen molar-refractivity contribution in [3.05, 3.63) is 11.8 Å². The SMILES string of the molecule is C[C@@H]1CC[C@H](O[C@@H]2[C@@H](O)[C@H](O[C@@H]3CCC=C(CNCCO)O3)[C@@H](NC(=O)OC(C)(C)C)C[C@H]2NC(=O)CCCNC(=O)OC(C)(C)C)[C@H](O)C1. The maximum absolute atomic E-state index is 13.3. The number of carbonyl (C=O) groups excluding carboxylic acids is 3. The molecule has 2 fully saturated rings. The zero-order chi connectivity index (χ0) is 37.1. The quantitative estimate of drug-likeness (QED) is 0.130. The number of amides is 3. The van der Waals surface area contributed by atoms with E-state index in [9.17, 15) is 24.6 Å². The van der Waals surface area contributed by atoms with Gasteiger partial charge in [0.1, 0.15) is 35.3 Å². The predicted octanol–water partition coefficient (Wildman–Crippen LogP) is 2.36. The molecule has 3 amide bonds. The van der Waals surface area contributed by atoms with Crippen molar-refractivity contribution in [3.8, 4) is 0 Å². The minimum Gasteiger partial charge on any atom is -0.468 e. The fourth-order valence-electron chi connectivity index (χ4n) is 6.34. The summed E-state index contributed by atoms with van der Waals surface area (Å²) in [5, 5.41) is 43.6. The third-order valence-electron chi connectivity index (χ3n) is 8.57. The molecule has 0 aromatic heterocycles. The van der Waals surface area contributed by atoms with Crippen LogP contribution in [0.3, 0.4) is 0 Å². The summed E-state index contributed by atoms with van der Waals surface area (Å²) in [5.41, 5.74) is -1.43. The van der Waals surface area contributed by atoms with Crippen molar-refractivity contribution in [2.45, 2.75) is 160 Å². The predicted molar refractivity (Wildman–Crippen MR) is 184 cm³/mol. The molecule has 0 unspecified atom stereocenters. The summed E-state index contributed by atoms with van der Waals surface area (Å²) in [4.78, 5) is 38.3. The van der Waals surface area contributed by atoms with Crippen molar-refractivity contribution in [1.82, 2.24) is 21.3 Å². The molecule has 2 aliphatic carbocycles. The maximum Gasteiger partial charge on any atom is 0.407 e. The van der Waals surface area contributed by atoms with Gasteiger partial charge in [-0.15, -0.1) is 0 Å². The van der Waals surface area contributed by atoms with Crippen LogP contribution in [0.2, 0.25) is 0 Å². The molecule has 3 rings (SSSR count). The van der Waals surface area contributed by atoms with E-state index in [-0.39, 0.29) is 31.9 Å². The van der Waals surface area contributed by atoms with Crippen LogP contribution in [0.15, 0.2) is 11.8 Å². The van der Waals surface area contributed by atoms with E-state index >= 15 is 0 Å². The normalized spacial score (nSPS) is 30.4. The number of rotatable bonds is 14. The third-order valence-corrected chi connectivity index (χ3v) is 8.57. The lowest BCUT2D eigenvalue weighted by Gasteiger charge is -2.47. The number of alkyl carbamates (subject to hydrolysis) is 2. The molecule has 0 radical (unpaired) electrons. The lowest BCUT2D eigenvalue weighted by atomic mass is 9.82. The second-order valence-corrected chi connectivity index (χ2v) is 15.6. The molecule has 15 nitrogen and oxygen atoms in total. The van der Waals surface area contributed by atoms with E-state index in [4.69, 9.17) is 28.8 Å². The highest BCUT2D eigenvalue weighted by Crippen LogP contribution is 2.33. The Morgan fingerprint density at radius 1 is 0.880 bits per heavy atom. The first kappa shape index (κ1) is 41.7. The van der Waals surface area contributed by atoms with Gasteiger partial charge in [0, 0.05) is 25.9 Å². The molecule has 2 saturated carbocycles. The molecule has 0 bridgehead atoms. The summed E-state index contributed by atoms with van der Waals surface area (Å²) in [6.07, 6.45) is -1.14. The molecule has 288 valence electrons. The van der Waals surface area contributed by atoms with Crippen LogP contribution in [-0.4, -0.2) is 120 Å². The number of hydrogen-bond acceptors (Lipinski definition) is 12. The van der Waals surface area contributed by atoms with Gasteiger partial charge in [0.05, 0.1) is 37.4 Å². The van der Waals surface area contributed by atoms with Gasteiger partial charge < -0.3 is 60.3 Å². The van der Waals surface area contributed by atoms with E-state index in [2.05, 4.69) is 28.2 Å². The van der Waals surface area contributed by atoms with E-state index in [1.807, 2.05) is 6.08 Å². The summed E-state index contributed by atoms with van der Waals surface area (Å²) in [7, 11) is 0. The minimum atomic E-state index is -1.35. The Bertz CT molecular complexity index is 1120. The summed E-state index contributed by atoms with van der Waals surface area (Å²) < 4.78 is 29.7. The van der Waals surface area contributed by atoms with Gasteiger partial charge in [-0.3, -0.25) is 4.79 Å². The molecule has 7 N–H and O–H groups in total. The monoisotopic (exact) mass is 714 g/mol. The van der Waals surface area contributed by atoms with Crippen molar-refractivity contribution in [2.24, 2.45) is 5.92 Å². The molecule has 1 aliphatic heterocycles. The Kier molecular flexibility index (Phi) is 16.1. The summed E-state index contributed by atoms with van der Waals surface area (Å²) in [6, 6.07) is -1.59. The Hall–Kier alpha value is -2.69. The van der Waals surface area contributed by atoms with Gasteiger partial charge in [-0.25, -0.2) is 9.59 Å². The highest BCUT2D eigenvalue weighted by Gasteiger charge is 2.49. The van der Waals surface area contributed by atoms with Gasteiger partial charge >= 0.3 is 12.2 Å². The Balaban J connectivity index is 1.79. The number of nitrogens with one attached hydrogen (secondary N) is 4. The van der Waals surface area contributed by atoms with Crippen LogP contribution >= 0.6 is 0 Å². The van der Waals surface area contributed by atoms with E-state index in [0.29, 0.717) is 56.9 Å². The lowest BCUT2D eigenvalue weighted by molar-refractivity contribution is -0.234. The van der Waals surface area contributed by atoms with Gasteiger partial charge in [0.25, 0.3) is 0 Å². The molecule has 9 atom stereocenters. The largest absolute Gasteiger partial charge is 0.468 e. The Morgan fingerprint density at radius 3 is 2.20 bits per heavy atom. The van der Waals surface area contributed by atoms with Gasteiger partial charge in [-0.05, 0) is 92.1 Å². The molecule has 50 heavy (non-hydrogen) atoms. The molecule has 0 spiro atoms. The first-order valence-electron chi connectivity index (χ1n) is 18.0. The van der Waals surface area contributed by atoms with Crippen molar-refractivity contribution in [1.29, 1.82) is 0 Å². The molecular weight excluding hydrogens is 652 g/mol. The fraction of sp³-hybridized carbons (Fsp3) is 0.857. The van der Waals surface area contributed by atoms with Gasteiger partial charge in [-0.1, -0.05) is 6.92 Å². The summed E-state index contributed by atoms with van der Waals surface area (Å²) in [5.74, 6) is 0.618. The number of ether oxygens (including phenoxy) is 5. The van der Waals surface area contributed by atoms with Crippen molar-refractivity contribution in [3.63, 3.8) is 0 Å². The van der Waals surface area contributed by atoms with E-state index < -0.39 is 72.3 Å². The van der Waals surface area contributed by atoms with E-state index in [1.165, 1.54) is 0 Å². The van der Waals surface area contributed by atoms with E-state index in [0.717, 1.165) is 6.42 Å². The molecule has 15 heteroatoms. The minimum absolute atomic E-state index is 0.0177. The Morgan fingerprint density at radius 2 is 1.54 bits per heavy atom. The number of allylic oxidation sites excluding steroid dienone is 1. The van der Waals surface area contributed by atoms with Crippen LogP contribution in [0.4, 0.5) is 9.59 Å². The maximum atomic E-state index is 13.3. The standard InChI is InChI=1S/C35H62N4O11/c1-21-13-14-26(25(41)18-21)47-30-23(38-27(42)11-9-15-37-32(44)49-34(2,3)4)19-24(39-33(45)50-35(5,6)7)31(29(30)43)48-28-12-8-10-22(46-28)20-36-16-17-40/h10,21,23-26,28-31,36,40-41,43H,8-9,11-20H2,1-7H3,(H,37,44)(H,38,42)(H,39,45)/t21-,23-,24+,25-,26+,28-,29-,30+,31-/m1/s1. The number of aliphatic hydroxyl groups is 3. The van der Waals surface area contributed by atoms with Crippen LogP contribution in [-0.2, 0) is 28.5 Å². The molecular formula is C35H62N4O11. The first-order chi connectivity index (χ1) is 23.4. The van der Waals surface area contributed by atoms with Gasteiger partial charge in [0.2, 0.25) is 5.91 Å². The lowest BCUT2D eigenvalue weighted by Crippen LogP contribution is -2.67. The van der Waals surface area contributed by atoms with Gasteiger partial charge in [-0.2, -0.15) is 0 Å². The fourth-order valence-corrected chi connectivity index (χ4v) is 6.34. The third kappa shape index (κ3) is 14.5. The smallest absolute Gasteiger partial charge is 0.407 e. The van der Waals surface area contributed by atoms with Crippen LogP contribution in [0.1, 0.15) is 99.8 Å². The van der Waals surface area contributed by atoms with Crippen LogP contribution in [0.5, 0.6) is 0 Å². The average molecular weight is 715 g/mol. The van der Waals surface area contributed by atoms with Crippen LogP contribution in [0, 0.1) is 5.92 Å². The summed E-state index contributed by atoms with van der Waals surface area (Å²) in [6.45, 7) is 13.6. The Labute approximate surface area is 296 Å². The summed E-state index contributed by atoms with van der Waals surface area (Å²) >= 11 is 0. The molecule has 1 heterocycles. The molecule has 3 aliphatic rings. The molecule has 0 aromatic carbocycles. The zero-order valence-electron chi connectivity index (χ0n) is 30.9. The number of carbonyl (C=O) groups is 3. The number of hydrogen-bond donors (Lipinski definition) is 7. The molecule has 0 aromatic rings. The van der Waals surface area contributed by atoms with Crippen molar-refractivity contribution >= 4 is 18.1 Å². The molecule has 0 saturated heterocycles. The topological polar surface area (TPSA) is 206 Å². The van der Waals surface area contributed by atoms with Crippen LogP contribution in [0.25, 0.3) is 0 Å². The number of aliphatic hydroxyl groups excluding tert-OH is 3. The van der Waals surface area contributed by atoms with Gasteiger partial charge in [0.15, 0.2) is 6.29 Å². The average Bonchev–Trinajstić information content (AvgIpc) is 2.99. The second kappa shape index (κ2) is 19.2. The second-order valence-electron chi connectivity index (χ2n) is 15.6. The van der Waals surface area contributed by atoms with E-state index in [1.54, 1.807) is 41.5 Å². The van der Waals surface area contributed by atoms with Crippen molar-refractivity contribution < 1.29 is 53.4 Å². The first-order valence-corrected chi connectivity index (χ1v) is 18.0. The van der Waals surface area contributed by atoms with Crippen molar-refractivity contribution in [2.75, 3.05) is 26.2 Å². The highest BCUT2D eigenvalue weighted by molar-refractivity contribution is 5.76.